The zero-order valence-corrected chi connectivity index (χ0v) is 13.9. The standard InChI is InChI=1S/C18H27N3O2/c1-14-3-2-4-16(13-14)20-15-5-9-21(10-6-15)17(22)18(19)7-11-23-12-8-18/h2-4,13,15,20H,5-12,19H2,1H3. The summed E-state index contributed by atoms with van der Waals surface area (Å²) >= 11 is 0. The highest BCUT2D eigenvalue weighted by Crippen LogP contribution is 2.24. The number of nitrogens with zero attached hydrogens (tertiary/aromatic N) is 1. The summed E-state index contributed by atoms with van der Waals surface area (Å²) < 4.78 is 5.33. The van der Waals surface area contributed by atoms with Crippen molar-refractivity contribution in [3.8, 4) is 0 Å². The Hall–Kier alpha value is -1.59. The van der Waals surface area contributed by atoms with Crippen molar-refractivity contribution in [3.63, 3.8) is 0 Å². The van der Waals surface area contributed by atoms with Crippen LogP contribution >= 0.6 is 0 Å². The first-order valence-corrected chi connectivity index (χ1v) is 8.56. The molecule has 0 atom stereocenters. The van der Waals surface area contributed by atoms with Crippen LogP contribution in [-0.2, 0) is 9.53 Å². The number of hydrogen-bond donors (Lipinski definition) is 2. The summed E-state index contributed by atoms with van der Waals surface area (Å²) in [6, 6.07) is 8.85. The topological polar surface area (TPSA) is 67.6 Å². The molecule has 2 aliphatic rings. The summed E-state index contributed by atoms with van der Waals surface area (Å²) in [4.78, 5) is 14.7. The van der Waals surface area contributed by atoms with E-state index in [-0.39, 0.29) is 5.91 Å². The van der Waals surface area contributed by atoms with Crippen molar-refractivity contribution in [1.82, 2.24) is 4.90 Å². The van der Waals surface area contributed by atoms with Gasteiger partial charge in [-0.25, -0.2) is 0 Å². The SMILES string of the molecule is Cc1cccc(NC2CCN(C(=O)C3(N)CCOCC3)CC2)c1. The Morgan fingerprint density at radius 1 is 1.30 bits per heavy atom. The molecule has 0 spiro atoms. The maximum atomic E-state index is 12.7. The predicted molar refractivity (Wildman–Crippen MR) is 91.4 cm³/mol. The third kappa shape index (κ3) is 3.85. The summed E-state index contributed by atoms with van der Waals surface area (Å²) in [5.41, 5.74) is 8.03. The highest BCUT2D eigenvalue weighted by atomic mass is 16.5. The van der Waals surface area contributed by atoms with Gasteiger partial charge < -0.3 is 20.7 Å². The Morgan fingerprint density at radius 3 is 2.65 bits per heavy atom. The lowest BCUT2D eigenvalue weighted by Crippen LogP contribution is -2.59. The van der Waals surface area contributed by atoms with Crippen molar-refractivity contribution in [1.29, 1.82) is 0 Å². The lowest BCUT2D eigenvalue weighted by molar-refractivity contribution is -0.141. The van der Waals surface area contributed by atoms with Crippen LogP contribution in [0.3, 0.4) is 0 Å². The number of aryl methyl sites for hydroxylation is 1. The van der Waals surface area contributed by atoms with Crippen LogP contribution in [0.25, 0.3) is 0 Å². The second kappa shape index (κ2) is 6.89. The van der Waals surface area contributed by atoms with E-state index in [2.05, 4.69) is 36.5 Å². The van der Waals surface area contributed by atoms with Gasteiger partial charge in [-0.3, -0.25) is 4.79 Å². The van der Waals surface area contributed by atoms with Crippen molar-refractivity contribution in [2.24, 2.45) is 5.73 Å². The van der Waals surface area contributed by atoms with Crippen LogP contribution in [0.2, 0.25) is 0 Å². The minimum atomic E-state index is -0.713. The molecule has 2 heterocycles. The number of nitrogens with two attached hydrogens (primary N) is 1. The molecule has 0 bridgehead atoms. The molecule has 23 heavy (non-hydrogen) atoms. The number of hydrogen-bond acceptors (Lipinski definition) is 4. The van der Waals surface area contributed by atoms with Gasteiger partial charge in [0.25, 0.3) is 0 Å². The molecule has 1 amide bonds. The van der Waals surface area contributed by atoms with E-state index in [1.807, 2.05) is 4.90 Å². The summed E-state index contributed by atoms with van der Waals surface area (Å²) in [5, 5.41) is 3.58. The van der Waals surface area contributed by atoms with Crippen LogP contribution in [0.4, 0.5) is 5.69 Å². The first-order valence-electron chi connectivity index (χ1n) is 8.56. The zero-order valence-electron chi connectivity index (χ0n) is 13.9. The molecule has 1 aromatic rings. The van der Waals surface area contributed by atoms with Crippen LogP contribution in [0.1, 0.15) is 31.2 Å². The molecule has 3 N–H and O–H groups in total. The molecular weight excluding hydrogens is 290 g/mol. The van der Waals surface area contributed by atoms with E-state index < -0.39 is 5.54 Å². The zero-order chi connectivity index (χ0) is 16.3. The molecule has 5 nitrogen and oxygen atoms in total. The second-order valence-electron chi connectivity index (χ2n) is 6.85. The van der Waals surface area contributed by atoms with Gasteiger partial charge in [0, 0.05) is 38.0 Å². The van der Waals surface area contributed by atoms with Gasteiger partial charge in [0.05, 0.1) is 5.54 Å². The molecular formula is C18H27N3O2. The predicted octanol–water partition coefficient (Wildman–Crippen LogP) is 1.91. The second-order valence-corrected chi connectivity index (χ2v) is 6.85. The Labute approximate surface area is 138 Å². The fourth-order valence-electron chi connectivity index (χ4n) is 3.46. The van der Waals surface area contributed by atoms with E-state index in [0.29, 0.717) is 32.1 Å². The highest BCUT2D eigenvalue weighted by molar-refractivity contribution is 5.86. The molecule has 0 aromatic heterocycles. The Kier molecular flexibility index (Phi) is 4.87. The minimum absolute atomic E-state index is 0.106. The summed E-state index contributed by atoms with van der Waals surface area (Å²) in [6.07, 6.45) is 3.19. The minimum Gasteiger partial charge on any atom is -0.382 e. The molecule has 2 saturated heterocycles. The van der Waals surface area contributed by atoms with Crippen LogP contribution < -0.4 is 11.1 Å². The number of piperidine rings is 1. The van der Waals surface area contributed by atoms with Crippen LogP contribution in [0.15, 0.2) is 24.3 Å². The van der Waals surface area contributed by atoms with E-state index in [9.17, 15) is 4.79 Å². The van der Waals surface area contributed by atoms with Crippen molar-refractivity contribution in [3.05, 3.63) is 29.8 Å². The van der Waals surface area contributed by atoms with Gasteiger partial charge in [-0.1, -0.05) is 12.1 Å². The molecule has 126 valence electrons. The van der Waals surface area contributed by atoms with Crippen molar-refractivity contribution in [2.45, 2.75) is 44.2 Å². The van der Waals surface area contributed by atoms with Gasteiger partial charge in [0.1, 0.15) is 0 Å². The number of likely N-dealkylation sites (tertiary alicyclic amines) is 1. The number of rotatable bonds is 3. The van der Waals surface area contributed by atoms with E-state index >= 15 is 0 Å². The normalized spacial score (nSPS) is 21.9. The molecule has 2 aliphatic heterocycles. The largest absolute Gasteiger partial charge is 0.382 e. The Morgan fingerprint density at radius 2 is 2.00 bits per heavy atom. The molecule has 3 rings (SSSR count). The smallest absolute Gasteiger partial charge is 0.242 e. The number of amides is 1. The quantitative estimate of drug-likeness (QED) is 0.893. The van der Waals surface area contributed by atoms with Gasteiger partial charge in [0.15, 0.2) is 0 Å². The monoisotopic (exact) mass is 317 g/mol. The lowest BCUT2D eigenvalue weighted by Gasteiger charge is -2.40. The third-order valence-electron chi connectivity index (χ3n) is 4.98. The fourth-order valence-corrected chi connectivity index (χ4v) is 3.46. The molecule has 2 fully saturated rings. The van der Waals surface area contributed by atoms with E-state index in [4.69, 9.17) is 10.5 Å². The summed E-state index contributed by atoms with van der Waals surface area (Å²) in [6.45, 7) is 4.84. The lowest BCUT2D eigenvalue weighted by atomic mass is 9.88. The summed E-state index contributed by atoms with van der Waals surface area (Å²) in [5.74, 6) is 0.106. The maximum Gasteiger partial charge on any atom is 0.242 e. The number of carbonyl (C=O) groups excluding carboxylic acids is 1. The van der Waals surface area contributed by atoms with Crippen molar-refractivity contribution in [2.75, 3.05) is 31.6 Å². The molecule has 0 aliphatic carbocycles. The number of carbonyl (C=O) groups is 1. The van der Waals surface area contributed by atoms with Gasteiger partial charge in [-0.05, 0) is 50.3 Å². The maximum absolute atomic E-state index is 12.7. The number of benzene rings is 1. The third-order valence-corrected chi connectivity index (χ3v) is 4.98. The van der Waals surface area contributed by atoms with Crippen LogP contribution in [-0.4, -0.2) is 48.7 Å². The summed E-state index contributed by atoms with van der Waals surface area (Å²) in [7, 11) is 0. The molecule has 1 aromatic carbocycles. The van der Waals surface area contributed by atoms with Crippen molar-refractivity contribution < 1.29 is 9.53 Å². The van der Waals surface area contributed by atoms with Gasteiger partial charge in [0.2, 0.25) is 5.91 Å². The van der Waals surface area contributed by atoms with Gasteiger partial charge >= 0.3 is 0 Å². The molecule has 0 saturated carbocycles. The fraction of sp³-hybridized carbons (Fsp3) is 0.611. The van der Waals surface area contributed by atoms with E-state index in [0.717, 1.165) is 31.6 Å². The average molecular weight is 317 g/mol. The van der Waals surface area contributed by atoms with E-state index in [1.54, 1.807) is 0 Å². The number of ether oxygens (including phenoxy) is 1. The Balaban J connectivity index is 1.53. The van der Waals surface area contributed by atoms with Crippen LogP contribution in [0.5, 0.6) is 0 Å². The molecule has 5 heteroatoms. The number of anilines is 1. The Bertz CT molecular complexity index is 547. The first kappa shape index (κ1) is 16.3. The van der Waals surface area contributed by atoms with Gasteiger partial charge in [-0.2, -0.15) is 0 Å². The van der Waals surface area contributed by atoms with Crippen molar-refractivity contribution >= 4 is 11.6 Å². The highest BCUT2D eigenvalue weighted by Gasteiger charge is 2.39. The number of nitrogens with one attached hydrogen (secondary N) is 1. The van der Waals surface area contributed by atoms with E-state index in [1.165, 1.54) is 5.56 Å². The first-order chi connectivity index (χ1) is 11.1. The van der Waals surface area contributed by atoms with Crippen LogP contribution in [0, 0.1) is 6.92 Å². The van der Waals surface area contributed by atoms with Gasteiger partial charge in [-0.15, -0.1) is 0 Å². The average Bonchev–Trinajstić information content (AvgIpc) is 2.56. The molecule has 0 radical (unpaired) electrons. The molecule has 0 unspecified atom stereocenters.